The number of fused-ring (bicyclic) bond motifs is 1. The van der Waals surface area contributed by atoms with Crippen molar-refractivity contribution in [3.8, 4) is 5.75 Å². The number of para-hydroxylation sites is 1. The molecule has 0 aliphatic carbocycles. The third-order valence-electron chi connectivity index (χ3n) is 2.95. The van der Waals surface area contributed by atoms with E-state index in [0.29, 0.717) is 0 Å². The fourth-order valence-electron chi connectivity index (χ4n) is 2.05. The smallest absolute Gasteiger partial charge is 0.123 e. The fourth-order valence-corrected chi connectivity index (χ4v) is 2.98. The maximum absolute atomic E-state index is 5.89. The monoisotopic (exact) mass is 258 g/mol. The number of aromatic nitrogens is 1. The summed E-state index contributed by atoms with van der Waals surface area (Å²) in [5.74, 6) is 1.92. The number of ether oxygens (including phenoxy) is 1. The van der Waals surface area contributed by atoms with Crippen LogP contribution in [-0.4, -0.2) is 16.8 Å². The van der Waals surface area contributed by atoms with Crippen molar-refractivity contribution in [3.05, 3.63) is 48.3 Å². The summed E-state index contributed by atoms with van der Waals surface area (Å²) in [5, 5.41) is 0. The Morgan fingerprint density at radius 3 is 3.06 bits per heavy atom. The van der Waals surface area contributed by atoms with Crippen LogP contribution in [0.1, 0.15) is 5.56 Å². The van der Waals surface area contributed by atoms with E-state index in [2.05, 4.69) is 17.1 Å². The number of anilines is 1. The van der Waals surface area contributed by atoms with Gasteiger partial charge >= 0.3 is 0 Å². The molecule has 1 aliphatic heterocycles. The molecule has 4 heteroatoms. The average molecular weight is 258 g/mol. The summed E-state index contributed by atoms with van der Waals surface area (Å²) in [7, 11) is 0. The summed E-state index contributed by atoms with van der Waals surface area (Å²) < 4.78 is 5.89. The van der Waals surface area contributed by atoms with Crippen molar-refractivity contribution >= 4 is 17.4 Å². The number of rotatable bonds is 3. The van der Waals surface area contributed by atoms with E-state index in [9.17, 15) is 0 Å². The maximum atomic E-state index is 5.89. The number of thioether (sulfide) groups is 1. The van der Waals surface area contributed by atoms with Gasteiger partial charge in [0.25, 0.3) is 0 Å². The molecule has 18 heavy (non-hydrogen) atoms. The summed E-state index contributed by atoms with van der Waals surface area (Å²) >= 11 is 1.72. The van der Waals surface area contributed by atoms with E-state index in [0.717, 1.165) is 28.5 Å². The first-order valence-electron chi connectivity index (χ1n) is 5.90. The molecule has 92 valence electrons. The first-order valence-corrected chi connectivity index (χ1v) is 6.88. The average Bonchev–Trinajstić information content (AvgIpc) is 2.80. The van der Waals surface area contributed by atoms with Crippen LogP contribution in [0.3, 0.4) is 0 Å². The van der Waals surface area contributed by atoms with E-state index < -0.39 is 0 Å². The van der Waals surface area contributed by atoms with Crippen LogP contribution in [0.5, 0.6) is 5.75 Å². The van der Waals surface area contributed by atoms with Gasteiger partial charge in [-0.2, -0.15) is 0 Å². The molecule has 3 rings (SSSR count). The zero-order valence-electron chi connectivity index (χ0n) is 9.87. The van der Waals surface area contributed by atoms with Gasteiger partial charge in [-0.25, -0.2) is 0 Å². The number of hydrogen-bond acceptors (Lipinski definition) is 4. The summed E-state index contributed by atoms with van der Waals surface area (Å²) in [6, 6.07) is 10.2. The van der Waals surface area contributed by atoms with E-state index in [1.807, 2.05) is 18.2 Å². The molecule has 0 fully saturated rings. The molecule has 2 aromatic rings. The van der Waals surface area contributed by atoms with Gasteiger partial charge in [0, 0.05) is 23.3 Å². The van der Waals surface area contributed by atoms with Gasteiger partial charge in [-0.15, -0.1) is 11.8 Å². The molecule has 3 nitrogen and oxygen atoms in total. The van der Waals surface area contributed by atoms with Gasteiger partial charge in [0.15, 0.2) is 0 Å². The standard InChI is InChI=1S/C14H14N2OS/c15-12-8-16-6-5-14(12)18-9-11-7-10-3-1-2-4-13(10)17-11/h1-6,8,11H,7,9,15H2. The van der Waals surface area contributed by atoms with Gasteiger partial charge in [0.05, 0.1) is 11.9 Å². The Bertz CT molecular complexity index is 534. The van der Waals surface area contributed by atoms with Crippen LogP contribution in [0.25, 0.3) is 0 Å². The first kappa shape index (κ1) is 11.4. The summed E-state index contributed by atoms with van der Waals surface area (Å²) in [6.45, 7) is 0. The summed E-state index contributed by atoms with van der Waals surface area (Å²) in [4.78, 5) is 5.06. The van der Waals surface area contributed by atoms with Gasteiger partial charge in [0.2, 0.25) is 0 Å². The van der Waals surface area contributed by atoms with E-state index in [1.54, 1.807) is 24.2 Å². The molecule has 0 spiro atoms. The lowest BCUT2D eigenvalue weighted by Gasteiger charge is -2.10. The topological polar surface area (TPSA) is 48.1 Å². The van der Waals surface area contributed by atoms with Crippen LogP contribution in [0.15, 0.2) is 47.6 Å². The molecular formula is C14H14N2OS. The van der Waals surface area contributed by atoms with Crippen molar-refractivity contribution in [1.82, 2.24) is 4.98 Å². The Balaban J connectivity index is 1.62. The lowest BCUT2D eigenvalue weighted by atomic mass is 10.1. The molecular weight excluding hydrogens is 244 g/mol. The van der Waals surface area contributed by atoms with Crippen molar-refractivity contribution in [2.75, 3.05) is 11.5 Å². The molecule has 2 heterocycles. The highest BCUT2D eigenvalue weighted by Crippen LogP contribution is 2.32. The van der Waals surface area contributed by atoms with Gasteiger partial charge < -0.3 is 10.5 Å². The molecule has 1 aromatic heterocycles. The summed E-state index contributed by atoms with van der Waals surface area (Å²) in [6.07, 6.45) is 4.67. The zero-order chi connectivity index (χ0) is 12.4. The van der Waals surface area contributed by atoms with Crippen LogP contribution >= 0.6 is 11.8 Å². The molecule has 1 atom stereocenters. The number of nitrogens with two attached hydrogens (primary N) is 1. The van der Waals surface area contributed by atoms with Gasteiger partial charge in [-0.05, 0) is 17.7 Å². The Morgan fingerprint density at radius 1 is 1.33 bits per heavy atom. The van der Waals surface area contributed by atoms with Crippen LogP contribution < -0.4 is 10.5 Å². The third-order valence-corrected chi connectivity index (χ3v) is 4.17. The quantitative estimate of drug-likeness (QED) is 0.860. The van der Waals surface area contributed by atoms with E-state index >= 15 is 0 Å². The lowest BCUT2D eigenvalue weighted by molar-refractivity contribution is 0.259. The molecule has 1 aromatic carbocycles. The van der Waals surface area contributed by atoms with Gasteiger partial charge in [-0.1, -0.05) is 18.2 Å². The Kier molecular flexibility index (Phi) is 3.11. The predicted molar refractivity (Wildman–Crippen MR) is 73.9 cm³/mol. The normalized spacial score (nSPS) is 17.2. The van der Waals surface area contributed by atoms with Crippen LogP contribution in [0.4, 0.5) is 5.69 Å². The van der Waals surface area contributed by atoms with Crippen LogP contribution in [-0.2, 0) is 6.42 Å². The maximum Gasteiger partial charge on any atom is 0.123 e. The number of benzene rings is 1. The molecule has 0 radical (unpaired) electrons. The van der Waals surface area contributed by atoms with Gasteiger partial charge in [0.1, 0.15) is 11.9 Å². The van der Waals surface area contributed by atoms with Crippen molar-refractivity contribution in [3.63, 3.8) is 0 Å². The third kappa shape index (κ3) is 2.29. The number of nitrogens with zero attached hydrogens (tertiary/aromatic N) is 1. The van der Waals surface area contributed by atoms with Crippen molar-refractivity contribution in [1.29, 1.82) is 0 Å². The highest BCUT2D eigenvalue weighted by Gasteiger charge is 2.22. The summed E-state index contributed by atoms with van der Waals surface area (Å²) in [5.41, 5.74) is 7.90. The Labute approximate surface area is 110 Å². The highest BCUT2D eigenvalue weighted by atomic mass is 32.2. The van der Waals surface area contributed by atoms with Crippen molar-refractivity contribution in [2.45, 2.75) is 17.4 Å². The fraction of sp³-hybridized carbons (Fsp3) is 0.214. The minimum Gasteiger partial charge on any atom is -0.489 e. The molecule has 1 unspecified atom stereocenters. The lowest BCUT2D eigenvalue weighted by Crippen LogP contribution is -2.15. The second-order valence-electron chi connectivity index (χ2n) is 4.28. The second-order valence-corrected chi connectivity index (χ2v) is 5.34. The number of nitrogen functional groups attached to an aromatic ring is 1. The van der Waals surface area contributed by atoms with Crippen molar-refractivity contribution < 1.29 is 4.74 Å². The zero-order valence-corrected chi connectivity index (χ0v) is 10.7. The Morgan fingerprint density at radius 2 is 2.22 bits per heavy atom. The minimum atomic E-state index is 0.236. The Hall–Kier alpha value is -1.68. The highest BCUT2D eigenvalue weighted by molar-refractivity contribution is 7.99. The molecule has 0 amide bonds. The molecule has 0 saturated heterocycles. The second kappa shape index (κ2) is 4.90. The largest absolute Gasteiger partial charge is 0.489 e. The van der Waals surface area contributed by atoms with E-state index in [1.165, 1.54) is 5.56 Å². The van der Waals surface area contributed by atoms with Crippen LogP contribution in [0, 0.1) is 0 Å². The van der Waals surface area contributed by atoms with Gasteiger partial charge in [-0.3, -0.25) is 4.98 Å². The number of pyridine rings is 1. The number of hydrogen-bond donors (Lipinski definition) is 1. The molecule has 0 bridgehead atoms. The van der Waals surface area contributed by atoms with E-state index in [-0.39, 0.29) is 6.10 Å². The molecule has 2 N–H and O–H groups in total. The van der Waals surface area contributed by atoms with Crippen LogP contribution in [0.2, 0.25) is 0 Å². The SMILES string of the molecule is Nc1cnccc1SCC1Cc2ccccc2O1. The molecule has 1 aliphatic rings. The van der Waals surface area contributed by atoms with Crippen molar-refractivity contribution in [2.24, 2.45) is 0 Å². The molecule has 0 saturated carbocycles. The van der Waals surface area contributed by atoms with E-state index in [4.69, 9.17) is 10.5 Å². The minimum absolute atomic E-state index is 0.236. The first-order chi connectivity index (χ1) is 8.83. The predicted octanol–water partition coefficient (Wildman–Crippen LogP) is 2.76.